The second-order valence-corrected chi connectivity index (χ2v) is 5.63. The highest BCUT2D eigenvalue weighted by atomic mass is 16.6. The highest BCUT2D eigenvalue weighted by molar-refractivity contribution is 5.81. The third-order valence-electron chi connectivity index (χ3n) is 5.08. The molecule has 14 heavy (non-hydrogen) atoms. The van der Waals surface area contributed by atoms with Gasteiger partial charge in [0.2, 0.25) is 0 Å². The second kappa shape index (κ2) is 2.01. The lowest BCUT2D eigenvalue weighted by Crippen LogP contribution is -2.47. The van der Waals surface area contributed by atoms with Crippen LogP contribution in [0.3, 0.4) is 0 Å². The summed E-state index contributed by atoms with van der Waals surface area (Å²) in [6.07, 6.45) is 3.64. The van der Waals surface area contributed by atoms with Gasteiger partial charge in [-0.15, -0.1) is 0 Å². The molecule has 4 aliphatic rings. The Hall–Kier alpha value is -0.570. The summed E-state index contributed by atoms with van der Waals surface area (Å²) in [4.78, 5) is 11.8. The number of hydrogen-bond acceptors (Lipinski definition) is 3. The zero-order valence-electron chi connectivity index (χ0n) is 7.98. The van der Waals surface area contributed by atoms with E-state index in [1.165, 1.54) is 0 Å². The van der Waals surface area contributed by atoms with E-state index >= 15 is 0 Å². The molecule has 6 unspecified atom stereocenters. The molecule has 1 aliphatic heterocycles. The number of aliphatic hydroxyl groups is 1. The maximum Gasteiger partial charge on any atom is 0.312 e. The van der Waals surface area contributed by atoms with Gasteiger partial charge >= 0.3 is 5.97 Å². The van der Waals surface area contributed by atoms with Crippen LogP contribution in [0.2, 0.25) is 0 Å². The molecular formula is C11H14O3. The fourth-order valence-corrected chi connectivity index (χ4v) is 4.65. The van der Waals surface area contributed by atoms with E-state index in [4.69, 9.17) is 4.74 Å². The molecule has 3 aliphatic carbocycles. The largest absolute Gasteiger partial charge is 0.459 e. The first-order valence-electron chi connectivity index (χ1n) is 5.60. The quantitative estimate of drug-likeness (QED) is 0.578. The summed E-state index contributed by atoms with van der Waals surface area (Å²) in [5.41, 5.74) is -0.155. The van der Waals surface area contributed by atoms with E-state index in [-0.39, 0.29) is 23.6 Å². The zero-order chi connectivity index (χ0) is 9.50. The van der Waals surface area contributed by atoms with Crippen LogP contribution in [0.15, 0.2) is 0 Å². The molecule has 6 atom stereocenters. The molecule has 0 aromatic carbocycles. The maximum atomic E-state index is 11.8. The Bertz CT molecular complexity index is 326. The Morgan fingerprint density at radius 1 is 1.36 bits per heavy atom. The van der Waals surface area contributed by atoms with Crippen molar-refractivity contribution in [3.05, 3.63) is 0 Å². The predicted molar refractivity (Wildman–Crippen MR) is 47.3 cm³/mol. The van der Waals surface area contributed by atoms with E-state index in [0.717, 1.165) is 25.7 Å². The topological polar surface area (TPSA) is 46.5 Å². The van der Waals surface area contributed by atoms with Crippen LogP contribution in [0, 0.1) is 23.2 Å². The summed E-state index contributed by atoms with van der Waals surface area (Å²) in [6, 6.07) is 0. The lowest BCUT2D eigenvalue weighted by Gasteiger charge is -2.40. The van der Waals surface area contributed by atoms with Gasteiger partial charge in [0.05, 0.1) is 11.5 Å². The fraction of sp³-hybridized carbons (Fsp3) is 0.909. The molecule has 3 heteroatoms. The van der Waals surface area contributed by atoms with E-state index in [0.29, 0.717) is 17.8 Å². The summed E-state index contributed by atoms with van der Waals surface area (Å²) in [6.45, 7) is 0. The number of carbonyl (C=O) groups excluding carboxylic acids is 1. The first-order valence-corrected chi connectivity index (χ1v) is 5.60. The lowest BCUT2D eigenvalue weighted by atomic mass is 9.61. The van der Waals surface area contributed by atoms with E-state index in [9.17, 15) is 9.90 Å². The molecule has 1 N–H and O–H groups in total. The number of fused-ring (bicyclic) bond motifs is 2. The molecule has 3 nitrogen and oxygen atoms in total. The van der Waals surface area contributed by atoms with Crippen molar-refractivity contribution in [1.82, 2.24) is 0 Å². The van der Waals surface area contributed by atoms with Gasteiger partial charge in [0.1, 0.15) is 6.10 Å². The van der Waals surface area contributed by atoms with Crippen molar-refractivity contribution in [2.75, 3.05) is 0 Å². The molecule has 1 saturated heterocycles. The molecule has 4 bridgehead atoms. The Balaban J connectivity index is 1.92. The minimum absolute atomic E-state index is 0.00347. The van der Waals surface area contributed by atoms with Crippen LogP contribution in [-0.2, 0) is 9.53 Å². The van der Waals surface area contributed by atoms with E-state index in [1.54, 1.807) is 0 Å². The van der Waals surface area contributed by atoms with Crippen LogP contribution < -0.4 is 0 Å². The van der Waals surface area contributed by atoms with Crippen LogP contribution >= 0.6 is 0 Å². The monoisotopic (exact) mass is 194 g/mol. The maximum absolute atomic E-state index is 11.8. The molecule has 1 spiro atoms. The third-order valence-corrected chi connectivity index (χ3v) is 5.08. The summed E-state index contributed by atoms with van der Waals surface area (Å²) in [5.74, 6) is 1.36. The average Bonchev–Trinajstić information content (AvgIpc) is 2.50. The average molecular weight is 194 g/mol. The number of ether oxygens (including phenoxy) is 1. The van der Waals surface area contributed by atoms with Gasteiger partial charge in [0.15, 0.2) is 0 Å². The van der Waals surface area contributed by atoms with Crippen molar-refractivity contribution in [2.45, 2.75) is 37.9 Å². The normalized spacial score (nSPS) is 63.2. The minimum atomic E-state index is -0.370. The Morgan fingerprint density at radius 2 is 2.21 bits per heavy atom. The fourth-order valence-electron chi connectivity index (χ4n) is 4.65. The molecule has 1 heterocycles. The summed E-state index contributed by atoms with van der Waals surface area (Å²) < 4.78 is 5.36. The predicted octanol–water partition coefficient (Wildman–Crippen LogP) is 0.709. The van der Waals surface area contributed by atoms with Crippen molar-refractivity contribution in [2.24, 2.45) is 23.2 Å². The molecule has 0 aromatic heterocycles. The minimum Gasteiger partial charge on any atom is -0.459 e. The van der Waals surface area contributed by atoms with Gasteiger partial charge in [-0.25, -0.2) is 0 Å². The van der Waals surface area contributed by atoms with Crippen molar-refractivity contribution in [3.8, 4) is 0 Å². The molecular weight excluding hydrogens is 180 g/mol. The molecule has 76 valence electrons. The number of esters is 1. The van der Waals surface area contributed by atoms with Crippen molar-refractivity contribution in [3.63, 3.8) is 0 Å². The Morgan fingerprint density at radius 3 is 3.07 bits per heavy atom. The van der Waals surface area contributed by atoms with Gasteiger partial charge in [-0.1, -0.05) is 0 Å². The number of aliphatic hydroxyl groups excluding tert-OH is 1. The second-order valence-electron chi connectivity index (χ2n) is 5.63. The smallest absolute Gasteiger partial charge is 0.312 e. The van der Waals surface area contributed by atoms with Crippen LogP contribution in [0.1, 0.15) is 25.7 Å². The zero-order valence-corrected chi connectivity index (χ0v) is 7.98. The summed E-state index contributed by atoms with van der Waals surface area (Å²) in [7, 11) is 0. The molecule has 0 amide bonds. The van der Waals surface area contributed by atoms with Crippen LogP contribution in [0.4, 0.5) is 0 Å². The van der Waals surface area contributed by atoms with Gasteiger partial charge in [-0.3, -0.25) is 4.79 Å². The van der Waals surface area contributed by atoms with Crippen molar-refractivity contribution in [1.29, 1.82) is 0 Å². The first-order chi connectivity index (χ1) is 6.71. The third kappa shape index (κ3) is 0.602. The van der Waals surface area contributed by atoms with Gasteiger partial charge in [-0.2, -0.15) is 0 Å². The van der Waals surface area contributed by atoms with Gasteiger partial charge in [-0.05, 0) is 37.5 Å². The van der Waals surface area contributed by atoms with Gasteiger partial charge < -0.3 is 9.84 Å². The van der Waals surface area contributed by atoms with Crippen LogP contribution in [-0.4, -0.2) is 23.3 Å². The molecule has 4 rings (SSSR count). The van der Waals surface area contributed by atoms with Gasteiger partial charge in [0, 0.05) is 5.92 Å². The van der Waals surface area contributed by atoms with Gasteiger partial charge in [0.25, 0.3) is 0 Å². The first kappa shape index (κ1) is 7.69. The number of rotatable bonds is 0. The Labute approximate surface area is 82.4 Å². The molecule has 4 fully saturated rings. The van der Waals surface area contributed by atoms with Crippen molar-refractivity contribution < 1.29 is 14.6 Å². The molecule has 0 aromatic rings. The molecule has 0 radical (unpaired) electrons. The lowest BCUT2D eigenvalue weighted by molar-refractivity contribution is -0.149. The van der Waals surface area contributed by atoms with Crippen LogP contribution in [0.25, 0.3) is 0 Å². The Kier molecular flexibility index (Phi) is 1.10. The highest BCUT2D eigenvalue weighted by Gasteiger charge is 2.70. The summed E-state index contributed by atoms with van der Waals surface area (Å²) in [5, 5.41) is 10.0. The van der Waals surface area contributed by atoms with E-state index < -0.39 is 0 Å². The molecule has 3 saturated carbocycles. The van der Waals surface area contributed by atoms with Crippen LogP contribution in [0.5, 0.6) is 0 Å². The van der Waals surface area contributed by atoms with Crippen molar-refractivity contribution >= 4 is 5.97 Å². The highest BCUT2D eigenvalue weighted by Crippen LogP contribution is 2.66. The SMILES string of the molecule is O=C1OC2C(O)C3CC4CC2C1(C4)C3. The summed E-state index contributed by atoms with van der Waals surface area (Å²) >= 11 is 0. The van der Waals surface area contributed by atoms with E-state index in [1.807, 2.05) is 0 Å². The standard InChI is InChI=1S/C11H14O3/c12-8-6-1-5-2-7-9(8)14-10(13)11(7,3-5)4-6/h5-9,12H,1-4H2. The van der Waals surface area contributed by atoms with E-state index in [2.05, 4.69) is 0 Å². The number of hydrogen-bond donors (Lipinski definition) is 1. The number of carbonyl (C=O) groups is 1.